The van der Waals surface area contributed by atoms with Crippen LogP contribution in [0.5, 0.6) is 0 Å². The molecule has 0 radical (unpaired) electrons. The van der Waals surface area contributed by atoms with Gasteiger partial charge in [0.05, 0.1) is 0 Å². The van der Waals surface area contributed by atoms with E-state index in [4.69, 9.17) is 0 Å². The molecule has 1 aliphatic heterocycles. The van der Waals surface area contributed by atoms with Crippen molar-refractivity contribution >= 4 is 11.9 Å². The summed E-state index contributed by atoms with van der Waals surface area (Å²) in [7, 11) is 3.18. The van der Waals surface area contributed by atoms with Crippen LogP contribution >= 0.6 is 0 Å². The van der Waals surface area contributed by atoms with Crippen molar-refractivity contribution in [3.63, 3.8) is 0 Å². The quantitative estimate of drug-likeness (QED) is 0.621. The number of hydrogen-bond donors (Lipinski definition) is 2. The lowest BCUT2D eigenvalue weighted by molar-refractivity contribution is -0.125. The van der Waals surface area contributed by atoms with E-state index in [1.165, 1.54) is 0 Å². The number of nitrogens with zero attached hydrogens (tertiary/aromatic N) is 1. The molecule has 5 heteroatoms. The summed E-state index contributed by atoms with van der Waals surface area (Å²) < 4.78 is 0. The Morgan fingerprint density at radius 2 is 1.93 bits per heavy atom. The fourth-order valence-electron chi connectivity index (χ4n) is 1.76. The van der Waals surface area contributed by atoms with Gasteiger partial charge in [-0.3, -0.25) is 4.79 Å². The van der Waals surface area contributed by atoms with E-state index >= 15 is 0 Å². The molecule has 0 saturated carbocycles. The molecule has 14 heavy (non-hydrogen) atoms. The van der Waals surface area contributed by atoms with Crippen molar-refractivity contribution in [2.75, 3.05) is 20.6 Å². The molecule has 80 valence electrons. The number of rotatable bonds is 1. The van der Waals surface area contributed by atoms with Crippen LogP contribution in [-0.2, 0) is 4.79 Å². The SMILES string of the molecule is CNC(=O)C1CCCCN1C(=O)NC. The van der Waals surface area contributed by atoms with Crippen LogP contribution < -0.4 is 10.6 Å². The molecule has 1 fully saturated rings. The summed E-state index contributed by atoms with van der Waals surface area (Å²) >= 11 is 0. The number of urea groups is 1. The largest absolute Gasteiger partial charge is 0.357 e. The van der Waals surface area contributed by atoms with E-state index in [9.17, 15) is 9.59 Å². The zero-order chi connectivity index (χ0) is 10.6. The maximum Gasteiger partial charge on any atom is 0.317 e. The molecular formula is C9H17N3O2. The van der Waals surface area contributed by atoms with E-state index in [1.807, 2.05) is 0 Å². The van der Waals surface area contributed by atoms with E-state index in [0.717, 1.165) is 19.3 Å². The molecule has 0 aromatic rings. The summed E-state index contributed by atoms with van der Waals surface area (Å²) in [6, 6.07) is -0.466. The predicted molar refractivity (Wildman–Crippen MR) is 52.9 cm³/mol. The van der Waals surface area contributed by atoms with Crippen LogP contribution in [0.4, 0.5) is 4.79 Å². The van der Waals surface area contributed by atoms with Crippen LogP contribution in [0.15, 0.2) is 0 Å². The first-order valence-corrected chi connectivity index (χ1v) is 4.90. The Hall–Kier alpha value is -1.26. The molecule has 1 unspecified atom stereocenters. The first kappa shape index (κ1) is 10.8. The van der Waals surface area contributed by atoms with Crippen molar-refractivity contribution in [1.29, 1.82) is 0 Å². The Labute approximate surface area is 83.8 Å². The van der Waals surface area contributed by atoms with Gasteiger partial charge in [0.25, 0.3) is 0 Å². The molecule has 0 aliphatic carbocycles. The van der Waals surface area contributed by atoms with Gasteiger partial charge >= 0.3 is 6.03 Å². The van der Waals surface area contributed by atoms with Gasteiger partial charge in [0.2, 0.25) is 5.91 Å². The maximum absolute atomic E-state index is 11.5. The number of likely N-dealkylation sites (tertiary alicyclic amines) is 1. The monoisotopic (exact) mass is 199 g/mol. The highest BCUT2D eigenvalue weighted by molar-refractivity contribution is 5.86. The second-order valence-electron chi connectivity index (χ2n) is 3.37. The van der Waals surface area contributed by atoms with Crippen LogP contribution in [0.25, 0.3) is 0 Å². The number of piperidine rings is 1. The Balaban J connectivity index is 2.68. The Morgan fingerprint density at radius 1 is 1.21 bits per heavy atom. The summed E-state index contributed by atoms with van der Waals surface area (Å²) in [6.45, 7) is 0.664. The third-order valence-electron chi connectivity index (χ3n) is 2.53. The van der Waals surface area contributed by atoms with Crippen molar-refractivity contribution in [2.24, 2.45) is 0 Å². The summed E-state index contributed by atoms with van der Waals surface area (Å²) in [6.07, 6.45) is 2.74. The molecule has 1 atom stereocenters. The summed E-state index contributed by atoms with van der Waals surface area (Å²) in [4.78, 5) is 24.5. The minimum atomic E-state index is -0.298. The van der Waals surface area contributed by atoms with E-state index in [-0.39, 0.29) is 18.0 Å². The van der Waals surface area contributed by atoms with Crippen LogP contribution in [0, 0.1) is 0 Å². The van der Waals surface area contributed by atoms with Gasteiger partial charge in [-0.15, -0.1) is 0 Å². The zero-order valence-corrected chi connectivity index (χ0v) is 8.67. The lowest BCUT2D eigenvalue weighted by Crippen LogP contribution is -2.53. The van der Waals surface area contributed by atoms with E-state index < -0.39 is 0 Å². The number of carbonyl (C=O) groups excluding carboxylic acids is 2. The Kier molecular flexibility index (Phi) is 3.73. The van der Waals surface area contributed by atoms with Gasteiger partial charge < -0.3 is 15.5 Å². The lowest BCUT2D eigenvalue weighted by Gasteiger charge is -2.33. The fraction of sp³-hybridized carbons (Fsp3) is 0.778. The molecular weight excluding hydrogens is 182 g/mol. The summed E-state index contributed by atoms with van der Waals surface area (Å²) in [5.74, 6) is -0.0756. The summed E-state index contributed by atoms with van der Waals surface area (Å²) in [5, 5.41) is 5.13. The molecule has 0 aromatic carbocycles. The molecule has 0 bridgehead atoms. The van der Waals surface area contributed by atoms with Crippen molar-refractivity contribution in [3.05, 3.63) is 0 Å². The second-order valence-corrected chi connectivity index (χ2v) is 3.37. The highest BCUT2D eigenvalue weighted by Gasteiger charge is 2.30. The van der Waals surface area contributed by atoms with Crippen LogP contribution in [0.2, 0.25) is 0 Å². The highest BCUT2D eigenvalue weighted by atomic mass is 16.2. The molecule has 1 saturated heterocycles. The number of amides is 3. The predicted octanol–water partition coefficient (Wildman–Crippen LogP) is -0.0737. The molecule has 2 N–H and O–H groups in total. The average Bonchev–Trinajstić information content (AvgIpc) is 2.27. The van der Waals surface area contributed by atoms with E-state index in [0.29, 0.717) is 6.54 Å². The van der Waals surface area contributed by atoms with Crippen molar-refractivity contribution in [2.45, 2.75) is 25.3 Å². The molecule has 0 aromatic heterocycles. The van der Waals surface area contributed by atoms with Gasteiger partial charge in [-0.25, -0.2) is 4.79 Å². The highest BCUT2D eigenvalue weighted by Crippen LogP contribution is 2.16. The normalized spacial score (nSPS) is 21.6. The number of carbonyl (C=O) groups is 2. The smallest absolute Gasteiger partial charge is 0.317 e. The minimum absolute atomic E-state index is 0.0756. The topological polar surface area (TPSA) is 61.4 Å². The van der Waals surface area contributed by atoms with E-state index in [2.05, 4.69) is 10.6 Å². The minimum Gasteiger partial charge on any atom is -0.357 e. The van der Waals surface area contributed by atoms with Gasteiger partial charge in [-0.2, -0.15) is 0 Å². The van der Waals surface area contributed by atoms with Gasteiger partial charge in [0, 0.05) is 20.6 Å². The van der Waals surface area contributed by atoms with Crippen LogP contribution in [-0.4, -0.2) is 43.5 Å². The maximum atomic E-state index is 11.5. The van der Waals surface area contributed by atoms with Gasteiger partial charge in [-0.1, -0.05) is 0 Å². The number of likely N-dealkylation sites (N-methyl/N-ethyl adjacent to an activating group) is 1. The second kappa shape index (κ2) is 4.83. The van der Waals surface area contributed by atoms with E-state index in [1.54, 1.807) is 19.0 Å². The van der Waals surface area contributed by atoms with Crippen molar-refractivity contribution < 1.29 is 9.59 Å². The molecule has 0 spiro atoms. The Morgan fingerprint density at radius 3 is 2.50 bits per heavy atom. The fourth-order valence-corrected chi connectivity index (χ4v) is 1.76. The molecule has 1 heterocycles. The average molecular weight is 199 g/mol. The number of nitrogens with one attached hydrogen (secondary N) is 2. The van der Waals surface area contributed by atoms with Gasteiger partial charge in [-0.05, 0) is 19.3 Å². The number of hydrogen-bond acceptors (Lipinski definition) is 2. The molecule has 3 amide bonds. The third kappa shape index (κ3) is 2.16. The van der Waals surface area contributed by atoms with Crippen LogP contribution in [0.3, 0.4) is 0 Å². The molecule has 5 nitrogen and oxygen atoms in total. The molecule has 1 rings (SSSR count). The summed E-state index contributed by atoms with van der Waals surface area (Å²) in [5.41, 5.74) is 0. The molecule has 1 aliphatic rings. The third-order valence-corrected chi connectivity index (χ3v) is 2.53. The first-order valence-electron chi connectivity index (χ1n) is 4.90. The zero-order valence-electron chi connectivity index (χ0n) is 8.67. The first-order chi connectivity index (χ1) is 6.70. The van der Waals surface area contributed by atoms with Gasteiger partial charge in [0.1, 0.15) is 6.04 Å². The van der Waals surface area contributed by atoms with Crippen molar-refractivity contribution in [3.8, 4) is 0 Å². The van der Waals surface area contributed by atoms with Crippen molar-refractivity contribution in [1.82, 2.24) is 15.5 Å². The van der Waals surface area contributed by atoms with Crippen LogP contribution in [0.1, 0.15) is 19.3 Å². The lowest BCUT2D eigenvalue weighted by atomic mass is 10.0. The standard InChI is InChI=1S/C9H17N3O2/c1-10-8(13)7-5-3-4-6-12(7)9(14)11-2/h7H,3-6H2,1-2H3,(H,10,13)(H,11,14). The Bertz CT molecular complexity index is 206. The van der Waals surface area contributed by atoms with Gasteiger partial charge in [0.15, 0.2) is 0 Å².